The van der Waals surface area contributed by atoms with Gasteiger partial charge in [-0.05, 0) is 36.2 Å². The fraction of sp³-hybridized carbons (Fsp3) is 0.0909. The Kier molecular flexibility index (Phi) is 6.32. The van der Waals surface area contributed by atoms with Crippen LogP contribution in [-0.2, 0) is 6.42 Å². The average molecular weight is 389 g/mol. The van der Waals surface area contributed by atoms with Crippen LogP contribution in [0, 0.1) is 10.1 Å². The first-order valence-electron chi connectivity index (χ1n) is 9.01. The highest BCUT2D eigenvalue weighted by molar-refractivity contribution is 6.09. The summed E-state index contributed by atoms with van der Waals surface area (Å²) in [5.41, 5.74) is 1.99. The van der Waals surface area contributed by atoms with Gasteiger partial charge >= 0.3 is 0 Å². The van der Waals surface area contributed by atoms with Crippen LogP contribution in [0.1, 0.15) is 26.3 Å². The summed E-state index contributed by atoms with van der Waals surface area (Å²) in [6.45, 7) is 0.466. The lowest BCUT2D eigenvalue weighted by molar-refractivity contribution is -0.384. The van der Waals surface area contributed by atoms with Gasteiger partial charge in [0.25, 0.3) is 17.5 Å². The van der Waals surface area contributed by atoms with E-state index in [-0.39, 0.29) is 17.2 Å². The number of nitro groups is 1. The zero-order valence-electron chi connectivity index (χ0n) is 15.5. The van der Waals surface area contributed by atoms with E-state index in [1.165, 1.54) is 24.3 Å². The molecule has 0 bridgehead atoms. The zero-order valence-corrected chi connectivity index (χ0v) is 15.5. The third-order valence-electron chi connectivity index (χ3n) is 4.30. The molecule has 0 atom stereocenters. The molecule has 0 aliphatic carbocycles. The fourth-order valence-corrected chi connectivity index (χ4v) is 2.78. The van der Waals surface area contributed by atoms with E-state index in [0.717, 1.165) is 5.56 Å². The lowest BCUT2D eigenvalue weighted by Crippen LogP contribution is -2.27. The van der Waals surface area contributed by atoms with Crippen molar-refractivity contribution in [3.63, 3.8) is 0 Å². The van der Waals surface area contributed by atoms with Crippen molar-refractivity contribution in [2.45, 2.75) is 6.42 Å². The van der Waals surface area contributed by atoms with Crippen LogP contribution in [-0.4, -0.2) is 23.3 Å². The van der Waals surface area contributed by atoms with E-state index in [2.05, 4.69) is 10.6 Å². The minimum absolute atomic E-state index is 0.0975. The third-order valence-corrected chi connectivity index (χ3v) is 4.30. The molecule has 0 aromatic heterocycles. The Morgan fingerprint density at radius 1 is 0.828 bits per heavy atom. The number of benzene rings is 3. The zero-order chi connectivity index (χ0) is 20.6. The van der Waals surface area contributed by atoms with Gasteiger partial charge in [-0.15, -0.1) is 0 Å². The van der Waals surface area contributed by atoms with Gasteiger partial charge in [-0.3, -0.25) is 19.7 Å². The highest BCUT2D eigenvalue weighted by Gasteiger charge is 2.15. The maximum absolute atomic E-state index is 12.6. The number of non-ortho nitro benzene ring substituents is 1. The summed E-state index contributed by atoms with van der Waals surface area (Å²) in [6, 6.07) is 21.8. The Balaban J connectivity index is 1.65. The molecule has 3 rings (SSSR count). The smallest absolute Gasteiger partial charge is 0.269 e. The molecule has 0 spiro atoms. The third kappa shape index (κ3) is 5.26. The number of rotatable bonds is 7. The molecular formula is C22H19N3O4. The van der Waals surface area contributed by atoms with E-state index in [1.54, 1.807) is 24.3 Å². The lowest BCUT2D eigenvalue weighted by Gasteiger charge is -2.11. The SMILES string of the molecule is O=C(Nc1ccccc1C(=O)NCCc1ccccc1)c1ccc([N+](=O)[O-])cc1. The number of amides is 2. The van der Waals surface area contributed by atoms with Crippen LogP contribution in [0.2, 0.25) is 0 Å². The molecule has 0 saturated carbocycles. The van der Waals surface area contributed by atoms with Gasteiger partial charge in [0.05, 0.1) is 16.2 Å². The molecule has 0 saturated heterocycles. The quantitative estimate of drug-likeness (QED) is 0.474. The van der Waals surface area contributed by atoms with Crippen LogP contribution in [0.5, 0.6) is 0 Å². The van der Waals surface area contributed by atoms with Crippen molar-refractivity contribution in [2.75, 3.05) is 11.9 Å². The number of carbonyl (C=O) groups excluding carboxylic acids is 2. The summed E-state index contributed by atoms with van der Waals surface area (Å²) >= 11 is 0. The predicted octanol–water partition coefficient (Wildman–Crippen LogP) is 3.82. The van der Waals surface area contributed by atoms with Gasteiger partial charge in [-0.1, -0.05) is 42.5 Å². The summed E-state index contributed by atoms with van der Waals surface area (Å²) in [5, 5.41) is 16.3. The summed E-state index contributed by atoms with van der Waals surface area (Å²) in [7, 11) is 0. The highest BCUT2D eigenvalue weighted by atomic mass is 16.6. The molecule has 2 N–H and O–H groups in total. The Bertz CT molecular complexity index is 1020. The van der Waals surface area contributed by atoms with Crippen molar-refractivity contribution in [1.82, 2.24) is 5.32 Å². The van der Waals surface area contributed by atoms with Crippen LogP contribution in [0.4, 0.5) is 11.4 Å². The van der Waals surface area contributed by atoms with Crippen molar-refractivity contribution in [3.05, 3.63) is 106 Å². The average Bonchev–Trinajstić information content (AvgIpc) is 2.75. The van der Waals surface area contributed by atoms with Gasteiger partial charge in [-0.2, -0.15) is 0 Å². The highest BCUT2D eigenvalue weighted by Crippen LogP contribution is 2.18. The Morgan fingerprint density at radius 2 is 1.48 bits per heavy atom. The number of hydrogen-bond acceptors (Lipinski definition) is 4. The van der Waals surface area contributed by atoms with Crippen LogP contribution in [0.25, 0.3) is 0 Å². The Labute approximate surface area is 167 Å². The number of nitro benzene ring substituents is 1. The number of hydrogen-bond donors (Lipinski definition) is 2. The minimum Gasteiger partial charge on any atom is -0.352 e. The second-order valence-corrected chi connectivity index (χ2v) is 6.30. The van der Waals surface area contributed by atoms with E-state index < -0.39 is 10.8 Å². The van der Waals surface area contributed by atoms with Gasteiger partial charge in [0.2, 0.25) is 0 Å². The summed E-state index contributed by atoms with van der Waals surface area (Å²) < 4.78 is 0. The lowest BCUT2D eigenvalue weighted by atomic mass is 10.1. The monoisotopic (exact) mass is 389 g/mol. The molecule has 3 aromatic rings. The van der Waals surface area contributed by atoms with Crippen molar-refractivity contribution in [1.29, 1.82) is 0 Å². The second kappa shape index (κ2) is 9.27. The van der Waals surface area contributed by atoms with Crippen molar-refractivity contribution >= 4 is 23.2 Å². The first-order valence-corrected chi connectivity index (χ1v) is 9.01. The topological polar surface area (TPSA) is 101 Å². The first-order chi connectivity index (χ1) is 14.0. The molecule has 0 aliphatic rings. The molecule has 0 radical (unpaired) electrons. The molecule has 0 aliphatic heterocycles. The molecular weight excluding hydrogens is 370 g/mol. The van der Waals surface area contributed by atoms with Crippen LogP contribution >= 0.6 is 0 Å². The van der Waals surface area contributed by atoms with Crippen molar-refractivity contribution in [2.24, 2.45) is 0 Å². The number of para-hydroxylation sites is 1. The molecule has 0 unspecified atom stereocenters. The molecule has 146 valence electrons. The molecule has 2 amide bonds. The van der Waals surface area contributed by atoms with Crippen LogP contribution in [0.3, 0.4) is 0 Å². The normalized spacial score (nSPS) is 10.2. The predicted molar refractivity (Wildman–Crippen MR) is 110 cm³/mol. The van der Waals surface area contributed by atoms with E-state index in [4.69, 9.17) is 0 Å². The van der Waals surface area contributed by atoms with E-state index in [1.807, 2.05) is 30.3 Å². The van der Waals surface area contributed by atoms with Crippen LogP contribution in [0.15, 0.2) is 78.9 Å². The standard InChI is InChI=1S/C22H19N3O4/c26-21(17-10-12-18(13-11-17)25(28)29)24-20-9-5-4-8-19(20)22(27)23-15-14-16-6-2-1-3-7-16/h1-13H,14-15H2,(H,23,27)(H,24,26). The van der Waals surface area contributed by atoms with Crippen molar-refractivity contribution < 1.29 is 14.5 Å². The molecule has 0 heterocycles. The number of nitrogens with zero attached hydrogens (tertiary/aromatic N) is 1. The van der Waals surface area contributed by atoms with E-state index in [9.17, 15) is 19.7 Å². The number of nitrogens with one attached hydrogen (secondary N) is 2. The summed E-state index contributed by atoms with van der Waals surface area (Å²) in [4.78, 5) is 35.2. The van der Waals surface area contributed by atoms with Crippen LogP contribution < -0.4 is 10.6 Å². The molecule has 3 aromatic carbocycles. The van der Waals surface area contributed by atoms with Gasteiger partial charge in [0, 0.05) is 24.2 Å². The Hall–Kier alpha value is -4.00. The molecule has 7 heteroatoms. The number of anilines is 1. The summed E-state index contributed by atoms with van der Waals surface area (Å²) in [6.07, 6.45) is 0.698. The van der Waals surface area contributed by atoms with E-state index in [0.29, 0.717) is 24.2 Å². The fourth-order valence-electron chi connectivity index (χ4n) is 2.78. The Morgan fingerprint density at radius 3 is 2.17 bits per heavy atom. The molecule has 29 heavy (non-hydrogen) atoms. The van der Waals surface area contributed by atoms with Gasteiger partial charge < -0.3 is 10.6 Å². The van der Waals surface area contributed by atoms with Gasteiger partial charge in [0.1, 0.15) is 0 Å². The molecule has 0 fully saturated rings. The first kappa shape index (κ1) is 19.8. The largest absolute Gasteiger partial charge is 0.352 e. The number of carbonyl (C=O) groups is 2. The van der Waals surface area contributed by atoms with Gasteiger partial charge in [0.15, 0.2) is 0 Å². The van der Waals surface area contributed by atoms with Gasteiger partial charge in [-0.25, -0.2) is 0 Å². The summed E-state index contributed by atoms with van der Waals surface area (Å²) in [5.74, 6) is -0.745. The molecule has 7 nitrogen and oxygen atoms in total. The minimum atomic E-state index is -0.531. The second-order valence-electron chi connectivity index (χ2n) is 6.30. The maximum atomic E-state index is 12.6. The van der Waals surface area contributed by atoms with E-state index >= 15 is 0 Å². The maximum Gasteiger partial charge on any atom is 0.269 e. The van der Waals surface area contributed by atoms with Crippen molar-refractivity contribution in [3.8, 4) is 0 Å².